The number of likely N-dealkylation sites (N-methyl/N-ethyl adjacent to an activating group) is 1. The third kappa shape index (κ3) is 4.09. The van der Waals surface area contributed by atoms with Crippen molar-refractivity contribution < 1.29 is 0 Å². The van der Waals surface area contributed by atoms with Gasteiger partial charge in [0.1, 0.15) is 0 Å². The minimum Gasteiger partial charge on any atom is -0.316 e. The van der Waals surface area contributed by atoms with E-state index in [-0.39, 0.29) is 0 Å². The molecule has 1 atom stereocenters. The Kier molecular flexibility index (Phi) is 5.58. The van der Waals surface area contributed by atoms with Gasteiger partial charge in [0.25, 0.3) is 0 Å². The maximum Gasteiger partial charge on any atom is 0.0189 e. The zero-order chi connectivity index (χ0) is 11.3. The molecule has 3 heteroatoms. The highest BCUT2D eigenvalue weighted by Crippen LogP contribution is 2.06. The minimum atomic E-state index is 0.663. The van der Waals surface area contributed by atoms with E-state index in [0.29, 0.717) is 12.1 Å². The van der Waals surface area contributed by atoms with E-state index in [4.69, 9.17) is 0 Å². The fourth-order valence-corrected chi connectivity index (χ4v) is 2.20. The Balaban J connectivity index is 2.25. The minimum absolute atomic E-state index is 0.663. The van der Waals surface area contributed by atoms with Crippen molar-refractivity contribution >= 4 is 0 Å². The molecule has 1 N–H and O–H groups in total. The van der Waals surface area contributed by atoms with Gasteiger partial charge in [-0.1, -0.05) is 6.92 Å². The van der Waals surface area contributed by atoms with Crippen LogP contribution in [0.1, 0.15) is 27.2 Å². The van der Waals surface area contributed by atoms with E-state index in [9.17, 15) is 0 Å². The molecule has 0 bridgehead atoms. The molecule has 0 radical (unpaired) electrons. The first-order valence-corrected chi connectivity index (χ1v) is 6.31. The lowest BCUT2D eigenvalue weighted by molar-refractivity contribution is 0.101. The summed E-state index contributed by atoms with van der Waals surface area (Å²) in [6.07, 6.45) is 1.22. The van der Waals surface area contributed by atoms with Gasteiger partial charge in [0.2, 0.25) is 0 Å². The summed E-state index contributed by atoms with van der Waals surface area (Å²) in [5.74, 6) is 0. The molecule has 1 rings (SSSR count). The van der Waals surface area contributed by atoms with Gasteiger partial charge in [-0.3, -0.25) is 9.80 Å². The summed E-state index contributed by atoms with van der Waals surface area (Å²) < 4.78 is 0. The molecule has 1 heterocycles. The van der Waals surface area contributed by atoms with E-state index < -0.39 is 0 Å². The second kappa shape index (κ2) is 6.46. The van der Waals surface area contributed by atoms with Gasteiger partial charge < -0.3 is 5.32 Å². The molecule has 0 spiro atoms. The third-order valence-electron chi connectivity index (χ3n) is 3.52. The van der Waals surface area contributed by atoms with Crippen molar-refractivity contribution in [1.29, 1.82) is 0 Å². The summed E-state index contributed by atoms with van der Waals surface area (Å²) in [5, 5.41) is 3.38. The molecule has 1 aliphatic rings. The van der Waals surface area contributed by atoms with Crippen molar-refractivity contribution in [2.45, 2.75) is 39.3 Å². The van der Waals surface area contributed by atoms with Crippen LogP contribution in [0.2, 0.25) is 0 Å². The van der Waals surface area contributed by atoms with Gasteiger partial charge >= 0.3 is 0 Å². The van der Waals surface area contributed by atoms with Gasteiger partial charge in [-0.2, -0.15) is 0 Å². The molecule has 1 unspecified atom stereocenters. The molecule has 1 fully saturated rings. The lowest BCUT2D eigenvalue weighted by Crippen LogP contribution is -2.51. The zero-order valence-corrected chi connectivity index (χ0v) is 10.8. The topological polar surface area (TPSA) is 18.5 Å². The SMILES string of the molecule is CCC(CN1CCN(C(C)C)CC1)NC. The quantitative estimate of drug-likeness (QED) is 0.735. The molecule has 0 aromatic rings. The molecule has 3 nitrogen and oxygen atoms in total. The van der Waals surface area contributed by atoms with E-state index in [2.05, 4.69) is 42.9 Å². The fourth-order valence-electron chi connectivity index (χ4n) is 2.20. The van der Waals surface area contributed by atoms with Crippen LogP contribution in [0.4, 0.5) is 0 Å². The molecule has 0 amide bonds. The van der Waals surface area contributed by atoms with Crippen molar-refractivity contribution in [3.63, 3.8) is 0 Å². The number of nitrogens with zero attached hydrogens (tertiary/aromatic N) is 2. The van der Waals surface area contributed by atoms with E-state index in [1.807, 2.05) is 0 Å². The molecule has 0 saturated carbocycles. The average Bonchev–Trinajstić information content (AvgIpc) is 2.26. The monoisotopic (exact) mass is 213 g/mol. The van der Waals surface area contributed by atoms with E-state index in [0.717, 1.165) is 0 Å². The van der Waals surface area contributed by atoms with E-state index in [1.54, 1.807) is 0 Å². The molecular formula is C12H27N3. The first-order valence-electron chi connectivity index (χ1n) is 6.31. The first-order chi connectivity index (χ1) is 7.17. The van der Waals surface area contributed by atoms with Crippen LogP contribution >= 0.6 is 0 Å². The van der Waals surface area contributed by atoms with Crippen molar-refractivity contribution in [1.82, 2.24) is 15.1 Å². The van der Waals surface area contributed by atoms with Crippen LogP contribution in [0.25, 0.3) is 0 Å². The van der Waals surface area contributed by atoms with Gasteiger partial charge in [-0.25, -0.2) is 0 Å². The van der Waals surface area contributed by atoms with Gasteiger partial charge in [0, 0.05) is 44.8 Å². The second-order valence-corrected chi connectivity index (χ2v) is 4.82. The van der Waals surface area contributed by atoms with Crippen LogP contribution in [0.3, 0.4) is 0 Å². The Morgan fingerprint density at radius 1 is 1.13 bits per heavy atom. The maximum absolute atomic E-state index is 3.38. The largest absolute Gasteiger partial charge is 0.316 e. The highest BCUT2D eigenvalue weighted by Gasteiger charge is 2.19. The van der Waals surface area contributed by atoms with Crippen molar-refractivity contribution in [3.8, 4) is 0 Å². The maximum atomic E-state index is 3.38. The average molecular weight is 213 g/mol. The second-order valence-electron chi connectivity index (χ2n) is 4.82. The standard InChI is InChI=1S/C12H27N3/c1-5-12(13-4)10-14-6-8-15(9-7-14)11(2)3/h11-13H,5-10H2,1-4H3. The Labute approximate surface area is 94.8 Å². The summed E-state index contributed by atoms with van der Waals surface area (Å²) in [7, 11) is 2.07. The van der Waals surface area contributed by atoms with Crippen LogP contribution < -0.4 is 5.32 Å². The van der Waals surface area contributed by atoms with Gasteiger partial charge in [0.05, 0.1) is 0 Å². The number of nitrogens with one attached hydrogen (secondary N) is 1. The van der Waals surface area contributed by atoms with Gasteiger partial charge in [-0.15, -0.1) is 0 Å². The predicted molar refractivity (Wildman–Crippen MR) is 66.3 cm³/mol. The Morgan fingerprint density at radius 2 is 1.73 bits per heavy atom. The molecule has 1 aliphatic heterocycles. The Hall–Kier alpha value is -0.120. The van der Waals surface area contributed by atoms with Gasteiger partial charge in [0.15, 0.2) is 0 Å². The molecule has 0 aromatic heterocycles. The lowest BCUT2D eigenvalue weighted by Gasteiger charge is -2.38. The summed E-state index contributed by atoms with van der Waals surface area (Å²) in [4.78, 5) is 5.15. The van der Waals surface area contributed by atoms with Crippen LogP contribution in [0, 0.1) is 0 Å². The predicted octanol–water partition coefficient (Wildman–Crippen LogP) is 1.01. The van der Waals surface area contributed by atoms with Gasteiger partial charge in [-0.05, 0) is 27.3 Å². The number of hydrogen-bond acceptors (Lipinski definition) is 3. The summed E-state index contributed by atoms with van der Waals surface area (Å²) in [6, 6.07) is 1.37. The highest BCUT2D eigenvalue weighted by molar-refractivity contribution is 4.77. The van der Waals surface area contributed by atoms with E-state index >= 15 is 0 Å². The smallest absolute Gasteiger partial charge is 0.0189 e. The van der Waals surface area contributed by atoms with Crippen LogP contribution in [0.15, 0.2) is 0 Å². The number of hydrogen-bond donors (Lipinski definition) is 1. The first kappa shape index (κ1) is 12.9. The third-order valence-corrected chi connectivity index (χ3v) is 3.52. The summed E-state index contributed by atoms with van der Waals surface area (Å²) in [6.45, 7) is 13.0. The van der Waals surface area contributed by atoms with Crippen LogP contribution in [-0.2, 0) is 0 Å². The van der Waals surface area contributed by atoms with Crippen molar-refractivity contribution in [2.24, 2.45) is 0 Å². The normalized spacial score (nSPS) is 22.2. The Bertz CT molecular complexity index is 158. The highest BCUT2D eigenvalue weighted by atomic mass is 15.3. The molecule has 90 valence electrons. The van der Waals surface area contributed by atoms with Crippen molar-refractivity contribution in [2.75, 3.05) is 39.8 Å². The summed E-state index contributed by atoms with van der Waals surface area (Å²) >= 11 is 0. The van der Waals surface area contributed by atoms with E-state index in [1.165, 1.54) is 39.1 Å². The van der Waals surface area contributed by atoms with Crippen molar-refractivity contribution in [3.05, 3.63) is 0 Å². The molecule has 1 saturated heterocycles. The lowest BCUT2D eigenvalue weighted by atomic mass is 10.2. The molecular weight excluding hydrogens is 186 g/mol. The van der Waals surface area contributed by atoms with Crippen LogP contribution in [-0.4, -0.2) is 61.7 Å². The zero-order valence-electron chi connectivity index (χ0n) is 10.8. The van der Waals surface area contributed by atoms with Crippen LogP contribution in [0.5, 0.6) is 0 Å². The molecule has 15 heavy (non-hydrogen) atoms. The molecule has 0 aromatic carbocycles. The summed E-state index contributed by atoms with van der Waals surface area (Å²) in [5.41, 5.74) is 0. The molecule has 0 aliphatic carbocycles. The number of rotatable bonds is 5. The number of piperazine rings is 1. The Morgan fingerprint density at radius 3 is 2.13 bits per heavy atom. The fraction of sp³-hybridized carbons (Fsp3) is 1.00.